The molecule has 3 aromatic rings. The third kappa shape index (κ3) is 2.87. The number of benzene rings is 2. The minimum Gasteiger partial charge on any atom is -0.343 e. The third-order valence-corrected chi connectivity index (χ3v) is 5.38. The smallest absolute Gasteiger partial charge is 0.282 e. The maximum atomic E-state index is 12.4. The molecule has 4 nitrogen and oxygen atoms in total. The molecule has 0 N–H and O–H groups in total. The molecule has 0 amide bonds. The first kappa shape index (κ1) is 16.5. The fraction of sp³-hybridized carbons (Fsp3) is 0.211. The van der Waals surface area contributed by atoms with Crippen molar-refractivity contribution in [3.05, 3.63) is 65.9 Å². The zero-order chi connectivity index (χ0) is 17.3. The number of aryl methyl sites for hydroxylation is 1. The predicted octanol–water partition coefficient (Wildman–Crippen LogP) is 4.11. The highest BCUT2D eigenvalue weighted by atomic mass is 32.2. The van der Waals surface area contributed by atoms with Gasteiger partial charge >= 0.3 is 0 Å². The van der Waals surface area contributed by atoms with Gasteiger partial charge in [0.25, 0.3) is 10.0 Å². The number of hydrogen-bond acceptors (Lipinski definition) is 2. The molecule has 124 valence electrons. The summed E-state index contributed by atoms with van der Waals surface area (Å²) in [5.74, 6) is 0.261. The molecule has 24 heavy (non-hydrogen) atoms. The van der Waals surface area contributed by atoms with Crippen LogP contribution in [0.15, 0.2) is 63.9 Å². The molecule has 5 heteroatoms. The Bertz CT molecular complexity index is 1000. The second kappa shape index (κ2) is 6.24. The number of hydrogen-bond donors (Lipinski definition) is 0. The molecule has 0 atom stereocenters. The molecule has 0 aliphatic heterocycles. The largest absolute Gasteiger partial charge is 0.343 e. The fourth-order valence-corrected chi connectivity index (χ4v) is 3.84. The predicted molar refractivity (Wildman–Crippen MR) is 98.2 cm³/mol. The van der Waals surface area contributed by atoms with E-state index in [4.69, 9.17) is 0 Å². The zero-order valence-electron chi connectivity index (χ0n) is 14.0. The van der Waals surface area contributed by atoms with Crippen LogP contribution in [-0.4, -0.2) is 19.2 Å². The fourth-order valence-electron chi connectivity index (χ4n) is 2.98. The van der Waals surface area contributed by atoms with Gasteiger partial charge in [0.05, 0.1) is 16.8 Å². The zero-order valence-corrected chi connectivity index (χ0v) is 14.8. The van der Waals surface area contributed by atoms with E-state index < -0.39 is 10.0 Å². The molecule has 0 aliphatic carbocycles. The van der Waals surface area contributed by atoms with Crippen LogP contribution < -0.4 is 0 Å². The summed E-state index contributed by atoms with van der Waals surface area (Å²) in [6.45, 7) is 4.20. The SMILES string of the molecule is CC(C)c1c(/C=N/S(=O)(=O)c2ccccc2)n(C)c2ccccc12. The molecule has 3 rings (SSSR count). The highest BCUT2D eigenvalue weighted by Gasteiger charge is 2.17. The first-order valence-corrected chi connectivity index (χ1v) is 9.28. The van der Waals surface area contributed by atoms with Gasteiger partial charge in [0.1, 0.15) is 0 Å². The normalized spacial score (nSPS) is 12.5. The molecule has 0 aliphatic rings. The Kier molecular flexibility index (Phi) is 4.28. The highest BCUT2D eigenvalue weighted by molar-refractivity contribution is 7.90. The van der Waals surface area contributed by atoms with Crippen LogP contribution in [0.3, 0.4) is 0 Å². The standard InChI is InChI=1S/C19H20N2O2S/c1-14(2)19-16-11-7-8-12-17(16)21(3)18(19)13-20-24(22,23)15-9-5-4-6-10-15/h4-14H,1-3H3/b20-13+. The van der Waals surface area contributed by atoms with Crippen LogP contribution in [-0.2, 0) is 17.1 Å². The molecule has 0 saturated carbocycles. The van der Waals surface area contributed by atoms with E-state index in [2.05, 4.69) is 24.3 Å². The maximum absolute atomic E-state index is 12.4. The van der Waals surface area contributed by atoms with E-state index in [0.29, 0.717) is 0 Å². The van der Waals surface area contributed by atoms with E-state index in [1.807, 2.05) is 29.8 Å². The van der Waals surface area contributed by atoms with Gasteiger partial charge in [-0.05, 0) is 29.7 Å². The Morgan fingerprint density at radius 1 is 1.00 bits per heavy atom. The molecule has 0 saturated heterocycles. The molecule has 2 aromatic carbocycles. The van der Waals surface area contributed by atoms with Gasteiger partial charge < -0.3 is 4.57 Å². The average molecular weight is 340 g/mol. The second-order valence-electron chi connectivity index (χ2n) is 6.05. The maximum Gasteiger partial charge on any atom is 0.282 e. The van der Waals surface area contributed by atoms with Gasteiger partial charge in [-0.1, -0.05) is 50.2 Å². The Morgan fingerprint density at radius 3 is 2.29 bits per heavy atom. The first-order chi connectivity index (χ1) is 11.4. The lowest BCUT2D eigenvalue weighted by Crippen LogP contribution is -2.03. The Morgan fingerprint density at radius 2 is 1.62 bits per heavy atom. The summed E-state index contributed by atoms with van der Waals surface area (Å²) in [4.78, 5) is 0.200. The van der Waals surface area contributed by atoms with Gasteiger partial charge in [0.2, 0.25) is 0 Å². The van der Waals surface area contributed by atoms with Crippen molar-refractivity contribution in [2.24, 2.45) is 11.4 Å². The van der Waals surface area contributed by atoms with Crippen molar-refractivity contribution in [1.82, 2.24) is 4.57 Å². The van der Waals surface area contributed by atoms with Crippen LogP contribution in [0.1, 0.15) is 31.0 Å². The van der Waals surface area contributed by atoms with Crippen molar-refractivity contribution >= 4 is 27.1 Å². The molecule has 0 fully saturated rings. The van der Waals surface area contributed by atoms with Crippen molar-refractivity contribution in [2.45, 2.75) is 24.7 Å². The van der Waals surface area contributed by atoms with E-state index in [-0.39, 0.29) is 10.8 Å². The lowest BCUT2D eigenvalue weighted by Gasteiger charge is -2.06. The van der Waals surface area contributed by atoms with Crippen molar-refractivity contribution in [3.63, 3.8) is 0 Å². The van der Waals surface area contributed by atoms with Crippen molar-refractivity contribution < 1.29 is 8.42 Å². The van der Waals surface area contributed by atoms with Crippen LogP contribution in [0.4, 0.5) is 0 Å². The van der Waals surface area contributed by atoms with Gasteiger partial charge in [0.15, 0.2) is 0 Å². The van der Waals surface area contributed by atoms with Gasteiger partial charge in [-0.15, -0.1) is 0 Å². The average Bonchev–Trinajstić information content (AvgIpc) is 2.87. The molecular formula is C19H20N2O2S. The van der Waals surface area contributed by atoms with Gasteiger partial charge in [-0.2, -0.15) is 12.8 Å². The van der Waals surface area contributed by atoms with Gasteiger partial charge in [-0.3, -0.25) is 0 Å². The molecule has 0 bridgehead atoms. The molecule has 1 aromatic heterocycles. The summed E-state index contributed by atoms with van der Waals surface area (Å²) in [6.07, 6.45) is 1.47. The van der Waals surface area contributed by atoms with E-state index in [1.54, 1.807) is 30.3 Å². The van der Waals surface area contributed by atoms with Crippen LogP contribution in [0.25, 0.3) is 10.9 Å². The summed E-state index contributed by atoms with van der Waals surface area (Å²) in [7, 11) is -1.76. The number of sulfonamides is 1. The Labute approximate surface area is 142 Å². The van der Waals surface area contributed by atoms with Crippen molar-refractivity contribution in [3.8, 4) is 0 Å². The quantitative estimate of drug-likeness (QED) is 0.671. The summed E-state index contributed by atoms with van der Waals surface area (Å²) >= 11 is 0. The van der Waals surface area contributed by atoms with Crippen LogP contribution in [0, 0.1) is 0 Å². The Hall–Kier alpha value is -2.40. The van der Waals surface area contributed by atoms with E-state index in [0.717, 1.165) is 22.2 Å². The van der Waals surface area contributed by atoms with E-state index in [1.165, 1.54) is 6.21 Å². The number of nitrogens with zero attached hydrogens (tertiary/aromatic N) is 2. The van der Waals surface area contributed by atoms with Crippen LogP contribution in [0.5, 0.6) is 0 Å². The van der Waals surface area contributed by atoms with Gasteiger partial charge in [-0.25, -0.2) is 0 Å². The summed E-state index contributed by atoms with van der Waals surface area (Å²) in [6, 6.07) is 16.3. The number of fused-ring (bicyclic) bond motifs is 1. The number of aromatic nitrogens is 1. The summed E-state index contributed by atoms with van der Waals surface area (Å²) < 4.78 is 30.7. The first-order valence-electron chi connectivity index (χ1n) is 7.84. The number of rotatable bonds is 4. The van der Waals surface area contributed by atoms with E-state index >= 15 is 0 Å². The molecule has 0 unspecified atom stereocenters. The van der Waals surface area contributed by atoms with Crippen LogP contribution in [0.2, 0.25) is 0 Å². The number of para-hydroxylation sites is 1. The summed E-state index contributed by atoms with van der Waals surface area (Å²) in [5, 5.41) is 1.13. The second-order valence-corrected chi connectivity index (χ2v) is 7.68. The lowest BCUT2D eigenvalue weighted by molar-refractivity contribution is 0.598. The van der Waals surface area contributed by atoms with Crippen molar-refractivity contribution in [1.29, 1.82) is 0 Å². The molecule has 0 radical (unpaired) electrons. The minimum absolute atomic E-state index is 0.200. The van der Waals surface area contributed by atoms with Gasteiger partial charge in [0, 0.05) is 18.0 Å². The van der Waals surface area contributed by atoms with Crippen LogP contribution >= 0.6 is 0 Å². The lowest BCUT2D eigenvalue weighted by atomic mass is 10.00. The van der Waals surface area contributed by atoms with Crippen molar-refractivity contribution in [2.75, 3.05) is 0 Å². The minimum atomic E-state index is -3.70. The topological polar surface area (TPSA) is 51.4 Å². The monoisotopic (exact) mass is 340 g/mol. The van der Waals surface area contributed by atoms with E-state index in [9.17, 15) is 8.42 Å². The molecule has 0 spiro atoms. The summed E-state index contributed by atoms with van der Waals surface area (Å²) in [5.41, 5.74) is 3.01. The third-order valence-electron chi connectivity index (χ3n) is 4.13. The molecular weight excluding hydrogens is 320 g/mol. The highest BCUT2D eigenvalue weighted by Crippen LogP contribution is 2.30. The molecule has 1 heterocycles. The Balaban J connectivity index is 2.14.